The number of rotatable bonds is 6. The first-order chi connectivity index (χ1) is 9.81. The van der Waals surface area contributed by atoms with Gasteiger partial charge in [-0.25, -0.2) is 4.98 Å². The van der Waals surface area contributed by atoms with E-state index < -0.39 is 0 Å². The van der Waals surface area contributed by atoms with Crippen molar-refractivity contribution in [2.24, 2.45) is 0 Å². The van der Waals surface area contributed by atoms with Crippen LogP contribution in [0.25, 0.3) is 0 Å². The van der Waals surface area contributed by atoms with Gasteiger partial charge in [-0.1, -0.05) is 6.92 Å². The van der Waals surface area contributed by atoms with Crippen molar-refractivity contribution in [1.29, 1.82) is 0 Å². The maximum Gasteiger partial charge on any atom is 0.255 e. The molecule has 2 heterocycles. The lowest BCUT2D eigenvalue weighted by atomic mass is 10.2. The zero-order chi connectivity index (χ0) is 14.2. The summed E-state index contributed by atoms with van der Waals surface area (Å²) in [7, 11) is 0. The lowest BCUT2D eigenvalue weighted by Gasteiger charge is -2.23. The van der Waals surface area contributed by atoms with E-state index in [4.69, 9.17) is 9.47 Å². The third-order valence-corrected chi connectivity index (χ3v) is 2.97. The van der Waals surface area contributed by atoms with E-state index in [-0.39, 0.29) is 12.0 Å². The topological polar surface area (TPSA) is 72.5 Å². The molecular formula is C14H21N3O3. The maximum absolute atomic E-state index is 12.2. The Morgan fingerprint density at radius 3 is 3.15 bits per heavy atom. The van der Waals surface area contributed by atoms with Crippen LogP contribution in [0, 0.1) is 0 Å². The van der Waals surface area contributed by atoms with Gasteiger partial charge in [-0.3, -0.25) is 4.79 Å². The smallest absolute Gasteiger partial charge is 0.255 e. The number of ether oxygens (including phenoxy) is 2. The number of hydrogen-bond acceptors (Lipinski definition) is 5. The third kappa shape index (κ3) is 4.18. The molecule has 2 rings (SSSR count). The molecule has 0 aliphatic carbocycles. The fourth-order valence-corrected chi connectivity index (χ4v) is 1.93. The van der Waals surface area contributed by atoms with Gasteiger partial charge in [-0.05, 0) is 18.6 Å². The van der Waals surface area contributed by atoms with E-state index in [1.807, 2.05) is 0 Å². The summed E-state index contributed by atoms with van der Waals surface area (Å²) in [5.41, 5.74) is 0.553. The minimum Gasteiger partial charge on any atom is -0.376 e. The first-order valence-electron chi connectivity index (χ1n) is 6.97. The standard InChI is InChI=1S/C14H21N3O3/c1-2-5-15-13-12(4-3-6-16-13)14(18)17-9-11-10-19-7-8-20-11/h3-4,6,11H,2,5,7-10H2,1H3,(H,15,16)(H,17,18). The van der Waals surface area contributed by atoms with Crippen LogP contribution in [0.2, 0.25) is 0 Å². The van der Waals surface area contributed by atoms with Crippen LogP contribution in [0.3, 0.4) is 0 Å². The summed E-state index contributed by atoms with van der Waals surface area (Å²) in [6.45, 7) is 5.02. The fraction of sp³-hybridized carbons (Fsp3) is 0.571. The highest BCUT2D eigenvalue weighted by Gasteiger charge is 2.17. The van der Waals surface area contributed by atoms with Gasteiger partial charge in [0.25, 0.3) is 5.91 Å². The molecule has 2 N–H and O–H groups in total. The summed E-state index contributed by atoms with van der Waals surface area (Å²) >= 11 is 0. The molecule has 0 bridgehead atoms. The van der Waals surface area contributed by atoms with Crippen molar-refractivity contribution in [3.8, 4) is 0 Å². The van der Waals surface area contributed by atoms with Crippen molar-refractivity contribution >= 4 is 11.7 Å². The number of nitrogens with zero attached hydrogens (tertiary/aromatic N) is 1. The number of nitrogens with one attached hydrogen (secondary N) is 2. The van der Waals surface area contributed by atoms with Crippen LogP contribution in [0.5, 0.6) is 0 Å². The molecule has 0 aromatic carbocycles. The van der Waals surface area contributed by atoms with Crippen LogP contribution >= 0.6 is 0 Å². The van der Waals surface area contributed by atoms with E-state index in [0.717, 1.165) is 13.0 Å². The Bertz CT molecular complexity index is 433. The van der Waals surface area contributed by atoms with E-state index in [0.29, 0.717) is 37.7 Å². The summed E-state index contributed by atoms with van der Waals surface area (Å²) in [5.74, 6) is 0.471. The molecule has 1 amide bonds. The van der Waals surface area contributed by atoms with E-state index >= 15 is 0 Å². The Morgan fingerprint density at radius 2 is 2.40 bits per heavy atom. The fourth-order valence-electron chi connectivity index (χ4n) is 1.93. The molecule has 1 atom stereocenters. The lowest BCUT2D eigenvalue weighted by molar-refractivity contribution is -0.0855. The molecule has 6 nitrogen and oxygen atoms in total. The molecule has 1 aliphatic rings. The van der Waals surface area contributed by atoms with Crippen LogP contribution in [0.1, 0.15) is 23.7 Å². The molecule has 110 valence electrons. The maximum atomic E-state index is 12.2. The zero-order valence-corrected chi connectivity index (χ0v) is 11.7. The third-order valence-electron chi connectivity index (χ3n) is 2.97. The lowest BCUT2D eigenvalue weighted by Crippen LogP contribution is -2.39. The van der Waals surface area contributed by atoms with Crippen LogP contribution < -0.4 is 10.6 Å². The number of amides is 1. The van der Waals surface area contributed by atoms with Gasteiger partial charge < -0.3 is 20.1 Å². The van der Waals surface area contributed by atoms with Gasteiger partial charge in [0, 0.05) is 19.3 Å². The number of aromatic nitrogens is 1. The van der Waals surface area contributed by atoms with Crippen molar-refractivity contribution < 1.29 is 14.3 Å². The molecule has 1 unspecified atom stereocenters. The molecule has 1 aromatic rings. The zero-order valence-electron chi connectivity index (χ0n) is 11.7. The Labute approximate surface area is 118 Å². The van der Waals surface area contributed by atoms with Crippen molar-refractivity contribution in [3.05, 3.63) is 23.9 Å². The van der Waals surface area contributed by atoms with Crippen LogP contribution in [0.15, 0.2) is 18.3 Å². The number of carbonyl (C=O) groups is 1. The first kappa shape index (κ1) is 14.7. The number of hydrogen-bond donors (Lipinski definition) is 2. The van der Waals surface area contributed by atoms with E-state index in [1.165, 1.54) is 0 Å². The second-order valence-electron chi connectivity index (χ2n) is 4.60. The summed E-state index contributed by atoms with van der Waals surface area (Å²) in [5, 5.41) is 6.02. The van der Waals surface area contributed by atoms with Gasteiger partial charge >= 0.3 is 0 Å². The molecule has 1 aliphatic heterocycles. The normalized spacial score (nSPS) is 18.6. The summed E-state index contributed by atoms with van der Waals surface area (Å²) in [4.78, 5) is 16.4. The highest BCUT2D eigenvalue weighted by Crippen LogP contribution is 2.11. The van der Waals surface area contributed by atoms with Crippen molar-refractivity contribution in [2.45, 2.75) is 19.4 Å². The van der Waals surface area contributed by atoms with Crippen molar-refractivity contribution in [2.75, 3.05) is 38.2 Å². The van der Waals surface area contributed by atoms with Crippen LogP contribution in [0.4, 0.5) is 5.82 Å². The monoisotopic (exact) mass is 279 g/mol. The average molecular weight is 279 g/mol. The van der Waals surface area contributed by atoms with Gasteiger partial charge in [0.15, 0.2) is 0 Å². The van der Waals surface area contributed by atoms with E-state index in [1.54, 1.807) is 18.3 Å². The SMILES string of the molecule is CCCNc1ncccc1C(=O)NCC1COCCO1. The molecule has 1 aromatic heterocycles. The van der Waals surface area contributed by atoms with Gasteiger partial charge in [-0.2, -0.15) is 0 Å². The number of pyridine rings is 1. The molecule has 1 saturated heterocycles. The predicted molar refractivity (Wildman–Crippen MR) is 75.9 cm³/mol. The molecule has 0 saturated carbocycles. The molecule has 0 spiro atoms. The number of anilines is 1. The summed E-state index contributed by atoms with van der Waals surface area (Å²) < 4.78 is 10.8. The highest BCUT2D eigenvalue weighted by atomic mass is 16.6. The Balaban J connectivity index is 1.90. The van der Waals surface area contributed by atoms with Gasteiger partial charge in [-0.15, -0.1) is 0 Å². The summed E-state index contributed by atoms with van der Waals surface area (Å²) in [6.07, 6.45) is 2.58. The molecule has 6 heteroatoms. The van der Waals surface area contributed by atoms with E-state index in [2.05, 4.69) is 22.5 Å². The van der Waals surface area contributed by atoms with Crippen molar-refractivity contribution in [1.82, 2.24) is 10.3 Å². The quantitative estimate of drug-likeness (QED) is 0.814. The van der Waals surface area contributed by atoms with Crippen molar-refractivity contribution in [3.63, 3.8) is 0 Å². The Morgan fingerprint density at radius 1 is 1.50 bits per heavy atom. The van der Waals surface area contributed by atoms with Gasteiger partial charge in [0.05, 0.1) is 31.5 Å². The van der Waals surface area contributed by atoms with E-state index in [9.17, 15) is 4.79 Å². The second-order valence-corrected chi connectivity index (χ2v) is 4.60. The van der Waals surface area contributed by atoms with Gasteiger partial charge in [0.2, 0.25) is 0 Å². The highest BCUT2D eigenvalue weighted by molar-refractivity contribution is 5.98. The summed E-state index contributed by atoms with van der Waals surface area (Å²) in [6, 6.07) is 3.52. The Kier molecular flexibility index (Phi) is 5.76. The molecular weight excluding hydrogens is 258 g/mol. The average Bonchev–Trinajstić information content (AvgIpc) is 2.52. The Hall–Kier alpha value is -1.66. The van der Waals surface area contributed by atoms with Crippen LogP contribution in [-0.4, -0.2) is 49.9 Å². The minimum atomic E-state index is -0.147. The second kappa shape index (κ2) is 7.81. The predicted octanol–water partition coefficient (Wildman–Crippen LogP) is 1.05. The molecule has 20 heavy (non-hydrogen) atoms. The first-order valence-corrected chi connectivity index (χ1v) is 6.97. The molecule has 0 radical (unpaired) electrons. The minimum absolute atomic E-state index is 0.0728. The van der Waals surface area contributed by atoms with Gasteiger partial charge in [0.1, 0.15) is 5.82 Å². The number of carbonyl (C=O) groups excluding carboxylic acids is 1. The molecule has 1 fully saturated rings. The largest absolute Gasteiger partial charge is 0.376 e. The van der Waals surface area contributed by atoms with Crippen LogP contribution in [-0.2, 0) is 9.47 Å².